The summed E-state index contributed by atoms with van der Waals surface area (Å²) in [6, 6.07) is 17.7. The molecule has 29 heavy (non-hydrogen) atoms. The second-order valence-corrected chi connectivity index (χ2v) is 8.32. The fourth-order valence-corrected chi connectivity index (χ4v) is 3.70. The monoisotopic (exact) mass is 393 g/mol. The van der Waals surface area contributed by atoms with Gasteiger partial charge in [0.05, 0.1) is 0 Å². The molecule has 3 rings (SSSR count). The Kier molecular flexibility index (Phi) is 6.57. The number of hydrogen-bond acceptors (Lipinski definition) is 3. The van der Waals surface area contributed by atoms with E-state index in [0.717, 1.165) is 18.7 Å². The topological polar surface area (TPSA) is 52.7 Å². The maximum atomic E-state index is 12.9. The molecule has 5 nitrogen and oxygen atoms in total. The molecule has 1 aliphatic rings. The van der Waals surface area contributed by atoms with E-state index in [0.29, 0.717) is 12.2 Å². The zero-order chi connectivity index (χ0) is 20.9. The van der Waals surface area contributed by atoms with Crippen molar-refractivity contribution in [2.45, 2.75) is 39.7 Å². The Labute approximate surface area is 173 Å². The van der Waals surface area contributed by atoms with Gasteiger partial charge < -0.3 is 15.1 Å². The van der Waals surface area contributed by atoms with E-state index in [1.807, 2.05) is 54.6 Å². The second-order valence-electron chi connectivity index (χ2n) is 8.32. The first-order valence-electron chi connectivity index (χ1n) is 10.3. The van der Waals surface area contributed by atoms with Crippen LogP contribution in [0.4, 0.5) is 11.4 Å². The molecule has 0 aromatic heterocycles. The average Bonchev–Trinajstić information content (AvgIpc) is 2.75. The van der Waals surface area contributed by atoms with Gasteiger partial charge in [0, 0.05) is 38.1 Å². The van der Waals surface area contributed by atoms with Crippen LogP contribution in [0.5, 0.6) is 0 Å². The largest absolute Gasteiger partial charge is 0.372 e. The summed E-state index contributed by atoms with van der Waals surface area (Å²) in [6.45, 7) is 5.99. The van der Waals surface area contributed by atoms with Crippen molar-refractivity contribution in [3.05, 3.63) is 60.2 Å². The van der Waals surface area contributed by atoms with Crippen LogP contribution in [-0.4, -0.2) is 36.9 Å². The Morgan fingerprint density at radius 2 is 1.59 bits per heavy atom. The van der Waals surface area contributed by atoms with Crippen LogP contribution in [0.25, 0.3) is 0 Å². The van der Waals surface area contributed by atoms with Crippen LogP contribution in [0.15, 0.2) is 54.6 Å². The highest BCUT2D eigenvalue weighted by Gasteiger charge is 2.38. The van der Waals surface area contributed by atoms with Crippen molar-refractivity contribution in [3.8, 4) is 0 Å². The number of piperidine rings is 1. The first-order valence-corrected chi connectivity index (χ1v) is 10.3. The molecule has 1 N–H and O–H groups in total. The highest BCUT2D eigenvalue weighted by Crippen LogP contribution is 2.25. The van der Waals surface area contributed by atoms with Crippen LogP contribution < -0.4 is 10.2 Å². The van der Waals surface area contributed by atoms with Gasteiger partial charge in [-0.3, -0.25) is 9.59 Å². The molecule has 1 heterocycles. The Morgan fingerprint density at radius 3 is 2.21 bits per heavy atom. The molecule has 2 amide bonds. The van der Waals surface area contributed by atoms with Crippen LogP contribution in [0.3, 0.4) is 0 Å². The van der Waals surface area contributed by atoms with Crippen molar-refractivity contribution in [2.24, 2.45) is 5.41 Å². The quantitative estimate of drug-likeness (QED) is 0.745. The van der Waals surface area contributed by atoms with Crippen LogP contribution >= 0.6 is 0 Å². The molecular weight excluding hydrogens is 362 g/mol. The minimum atomic E-state index is -1.16. The predicted molar refractivity (Wildman–Crippen MR) is 118 cm³/mol. The van der Waals surface area contributed by atoms with Crippen LogP contribution in [-0.2, 0) is 16.1 Å². The molecular formula is C24H31N3O2. The third-order valence-electron chi connectivity index (χ3n) is 5.56. The molecule has 154 valence electrons. The van der Waals surface area contributed by atoms with E-state index in [1.165, 1.54) is 24.9 Å². The van der Waals surface area contributed by atoms with Crippen molar-refractivity contribution in [3.63, 3.8) is 0 Å². The van der Waals surface area contributed by atoms with Gasteiger partial charge in [-0.05, 0) is 62.9 Å². The third kappa shape index (κ3) is 5.17. The van der Waals surface area contributed by atoms with Gasteiger partial charge in [0.2, 0.25) is 11.8 Å². The Bertz CT molecular complexity index is 825. The number of amides is 2. The van der Waals surface area contributed by atoms with Gasteiger partial charge in [0.15, 0.2) is 0 Å². The van der Waals surface area contributed by atoms with Gasteiger partial charge in [0.1, 0.15) is 5.41 Å². The first kappa shape index (κ1) is 20.9. The maximum absolute atomic E-state index is 12.9. The average molecular weight is 394 g/mol. The molecule has 0 spiro atoms. The van der Waals surface area contributed by atoms with Gasteiger partial charge >= 0.3 is 0 Å². The summed E-state index contributed by atoms with van der Waals surface area (Å²) < 4.78 is 0. The van der Waals surface area contributed by atoms with E-state index in [-0.39, 0.29) is 11.8 Å². The molecule has 0 aliphatic carbocycles. The van der Waals surface area contributed by atoms with E-state index >= 15 is 0 Å². The molecule has 0 unspecified atom stereocenters. The predicted octanol–water partition coefficient (Wildman–Crippen LogP) is 4.30. The lowest BCUT2D eigenvalue weighted by atomic mass is 9.90. The van der Waals surface area contributed by atoms with E-state index in [1.54, 1.807) is 25.8 Å². The second kappa shape index (κ2) is 9.12. The first-order chi connectivity index (χ1) is 13.9. The number of carbonyl (C=O) groups excluding carboxylic acids is 2. The lowest BCUT2D eigenvalue weighted by Gasteiger charge is -2.29. The number of benzene rings is 2. The SMILES string of the molecule is CN(Cc1ccccc1)C(=O)C(C)(C)C(=O)Nc1ccc(N2CCCCC2)cc1. The minimum Gasteiger partial charge on any atom is -0.372 e. The van der Waals surface area contributed by atoms with Gasteiger partial charge in [-0.1, -0.05) is 30.3 Å². The number of carbonyl (C=O) groups is 2. The molecule has 0 atom stereocenters. The summed E-state index contributed by atoms with van der Waals surface area (Å²) in [6.07, 6.45) is 3.75. The van der Waals surface area contributed by atoms with Gasteiger partial charge in [-0.15, -0.1) is 0 Å². The summed E-state index contributed by atoms with van der Waals surface area (Å²) in [5.41, 5.74) is 1.77. The molecule has 1 aliphatic heterocycles. The number of anilines is 2. The van der Waals surface area contributed by atoms with Gasteiger partial charge in [-0.25, -0.2) is 0 Å². The highest BCUT2D eigenvalue weighted by molar-refractivity contribution is 6.09. The number of nitrogens with one attached hydrogen (secondary N) is 1. The lowest BCUT2D eigenvalue weighted by Crippen LogP contribution is -2.45. The zero-order valence-corrected chi connectivity index (χ0v) is 17.6. The zero-order valence-electron chi connectivity index (χ0n) is 17.6. The molecule has 2 aromatic carbocycles. The lowest BCUT2D eigenvalue weighted by molar-refractivity contribution is -0.145. The fraction of sp³-hybridized carbons (Fsp3) is 0.417. The third-order valence-corrected chi connectivity index (χ3v) is 5.56. The normalized spacial score (nSPS) is 14.4. The smallest absolute Gasteiger partial charge is 0.239 e. The number of rotatable bonds is 6. The van der Waals surface area contributed by atoms with Crippen LogP contribution in [0.2, 0.25) is 0 Å². The molecule has 2 aromatic rings. The van der Waals surface area contributed by atoms with Crippen molar-refractivity contribution >= 4 is 23.2 Å². The maximum Gasteiger partial charge on any atom is 0.239 e. The van der Waals surface area contributed by atoms with Gasteiger partial charge in [0.25, 0.3) is 0 Å². The molecule has 1 saturated heterocycles. The summed E-state index contributed by atoms with van der Waals surface area (Å²) in [5, 5.41) is 2.91. The van der Waals surface area contributed by atoms with Crippen molar-refractivity contribution in [1.82, 2.24) is 4.90 Å². The van der Waals surface area contributed by atoms with Crippen LogP contribution in [0.1, 0.15) is 38.7 Å². The minimum absolute atomic E-state index is 0.205. The number of nitrogens with zero attached hydrogens (tertiary/aromatic N) is 2. The molecule has 0 radical (unpaired) electrons. The van der Waals surface area contributed by atoms with E-state index < -0.39 is 5.41 Å². The Morgan fingerprint density at radius 1 is 0.966 bits per heavy atom. The van der Waals surface area contributed by atoms with E-state index in [9.17, 15) is 9.59 Å². The summed E-state index contributed by atoms with van der Waals surface area (Å²) in [7, 11) is 1.73. The molecule has 5 heteroatoms. The summed E-state index contributed by atoms with van der Waals surface area (Å²) in [4.78, 5) is 29.8. The van der Waals surface area contributed by atoms with Gasteiger partial charge in [-0.2, -0.15) is 0 Å². The van der Waals surface area contributed by atoms with E-state index in [4.69, 9.17) is 0 Å². The highest BCUT2D eigenvalue weighted by atomic mass is 16.2. The fourth-order valence-electron chi connectivity index (χ4n) is 3.70. The molecule has 0 bridgehead atoms. The summed E-state index contributed by atoms with van der Waals surface area (Å²) >= 11 is 0. The van der Waals surface area contributed by atoms with Crippen molar-refractivity contribution < 1.29 is 9.59 Å². The molecule has 0 saturated carbocycles. The van der Waals surface area contributed by atoms with Crippen molar-refractivity contribution in [1.29, 1.82) is 0 Å². The Balaban J connectivity index is 1.61. The van der Waals surface area contributed by atoms with Crippen LogP contribution in [0, 0.1) is 5.41 Å². The molecule has 1 fully saturated rings. The van der Waals surface area contributed by atoms with E-state index in [2.05, 4.69) is 10.2 Å². The standard InChI is InChI=1S/C24H31N3O2/c1-24(2,23(29)26(3)18-19-10-6-4-7-11-19)22(28)25-20-12-14-21(15-13-20)27-16-8-5-9-17-27/h4,6-7,10-15H,5,8-9,16-18H2,1-3H3,(H,25,28). The number of hydrogen-bond donors (Lipinski definition) is 1. The summed E-state index contributed by atoms with van der Waals surface area (Å²) in [5.74, 6) is -0.503. The van der Waals surface area contributed by atoms with Crippen molar-refractivity contribution in [2.75, 3.05) is 30.4 Å². The Hall–Kier alpha value is -2.82.